The topological polar surface area (TPSA) is 38.9 Å². The van der Waals surface area contributed by atoms with Crippen LogP contribution < -0.4 is 5.73 Å². The lowest BCUT2D eigenvalue weighted by atomic mass is 10.0. The second kappa shape index (κ2) is 6.38. The molecular formula is C15H16F2N2. The Bertz CT molecular complexity index is 529. The largest absolute Gasteiger partial charge is 0.327 e. The van der Waals surface area contributed by atoms with Crippen LogP contribution in [0.2, 0.25) is 0 Å². The Hall–Kier alpha value is -1.81. The van der Waals surface area contributed by atoms with Gasteiger partial charge in [0.15, 0.2) is 11.6 Å². The van der Waals surface area contributed by atoms with E-state index in [2.05, 4.69) is 4.98 Å². The van der Waals surface area contributed by atoms with Crippen LogP contribution in [0.3, 0.4) is 0 Å². The zero-order chi connectivity index (χ0) is 13.7. The summed E-state index contributed by atoms with van der Waals surface area (Å²) in [6.45, 7) is 0. The van der Waals surface area contributed by atoms with E-state index in [0.29, 0.717) is 12.0 Å². The van der Waals surface area contributed by atoms with Gasteiger partial charge in [0.1, 0.15) is 0 Å². The number of nitrogens with two attached hydrogens (primary N) is 1. The van der Waals surface area contributed by atoms with Gasteiger partial charge >= 0.3 is 0 Å². The minimum atomic E-state index is -0.828. The van der Waals surface area contributed by atoms with Crippen molar-refractivity contribution in [2.75, 3.05) is 0 Å². The van der Waals surface area contributed by atoms with E-state index in [1.807, 2.05) is 18.2 Å². The number of halogens is 2. The first-order valence-electron chi connectivity index (χ1n) is 6.24. The standard InChI is InChI=1S/C15H16F2N2/c16-14-7-4-11(10-15(14)17)9-12(18)5-6-13-3-1-2-8-19-13/h1-4,7-8,10,12H,5-6,9,18H2. The fourth-order valence-corrected chi connectivity index (χ4v) is 1.95. The van der Waals surface area contributed by atoms with Crippen molar-refractivity contribution in [2.45, 2.75) is 25.3 Å². The molecule has 2 N–H and O–H groups in total. The molecule has 0 fully saturated rings. The van der Waals surface area contributed by atoms with Crippen LogP contribution in [-0.4, -0.2) is 11.0 Å². The maximum Gasteiger partial charge on any atom is 0.159 e. The highest BCUT2D eigenvalue weighted by Crippen LogP contribution is 2.12. The van der Waals surface area contributed by atoms with Gasteiger partial charge in [0.2, 0.25) is 0 Å². The molecule has 0 amide bonds. The zero-order valence-corrected chi connectivity index (χ0v) is 10.5. The van der Waals surface area contributed by atoms with Crippen LogP contribution in [0, 0.1) is 11.6 Å². The van der Waals surface area contributed by atoms with Crippen molar-refractivity contribution in [2.24, 2.45) is 5.73 Å². The van der Waals surface area contributed by atoms with Gasteiger partial charge in [-0.1, -0.05) is 12.1 Å². The second-order valence-electron chi connectivity index (χ2n) is 4.57. The Morgan fingerprint density at radius 3 is 2.63 bits per heavy atom. The summed E-state index contributed by atoms with van der Waals surface area (Å²) in [5.74, 6) is -1.65. The molecule has 0 aliphatic rings. The molecule has 0 spiro atoms. The molecule has 1 aromatic heterocycles. The average molecular weight is 262 g/mol. The number of pyridine rings is 1. The van der Waals surface area contributed by atoms with Crippen molar-refractivity contribution >= 4 is 0 Å². The number of hydrogen-bond donors (Lipinski definition) is 1. The van der Waals surface area contributed by atoms with Crippen LogP contribution in [0.1, 0.15) is 17.7 Å². The summed E-state index contributed by atoms with van der Waals surface area (Å²) < 4.78 is 25.8. The van der Waals surface area contributed by atoms with E-state index in [1.54, 1.807) is 12.3 Å². The highest BCUT2D eigenvalue weighted by molar-refractivity contribution is 5.18. The summed E-state index contributed by atoms with van der Waals surface area (Å²) in [5.41, 5.74) is 7.70. The van der Waals surface area contributed by atoms with Crippen LogP contribution in [0.4, 0.5) is 8.78 Å². The van der Waals surface area contributed by atoms with Crippen molar-refractivity contribution in [3.05, 3.63) is 65.5 Å². The quantitative estimate of drug-likeness (QED) is 0.900. The first-order valence-corrected chi connectivity index (χ1v) is 6.24. The Kier molecular flexibility index (Phi) is 4.58. The maximum absolute atomic E-state index is 13.1. The number of benzene rings is 1. The van der Waals surface area contributed by atoms with E-state index in [4.69, 9.17) is 5.73 Å². The molecule has 0 aliphatic carbocycles. The van der Waals surface area contributed by atoms with Gasteiger partial charge in [0.05, 0.1) is 0 Å². The van der Waals surface area contributed by atoms with Crippen molar-refractivity contribution < 1.29 is 8.78 Å². The third-order valence-electron chi connectivity index (χ3n) is 2.98. The number of rotatable bonds is 5. The van der Waals surface area contributed by atoms with E-state index < -0.39 is 11.6 Å². The minimum absolute atomic E-state index is 0.0909. The number of aryl methyl sites for hydroxylation is 1. The van der Waals surface area contributed by atoms with Crippen LogP contribution >= 0.6 is 0 Å². The van der Waals surface area contributed by atoms with Gasteiger partial charge in [-0.3, -0.25) is 4.98 Å². The fourth-order valence-electron chi connectivity index (χ4n) is 1.95. The van der Waals surface area contributed by atoms with Crippen molar-refractivity contribution in [1.82, 2.24) is 4.98 Å². The molecule has 1 aromatic carbocycles. The number of aromatic nitrogens is 1. The van der Waals surface area contributed by atoms with Crippen LogP contribution in [-0.2, 0) is 12.8 Å². The molecule has 1 unspecified atom stereocenters. The smallest absolute Gasteiger partial charge is 0.159 e. The van der Waals surface area contributed by atoms with Gasteiger partial charge in [-0.2, -0.15) is 0 Å². The zero-order valence-electron chi connectivity index (χ0n) is 10.5. The Labute approximate surface area is 111 Å². The van der Waals surface area contributed by atoms with Gasteiger partial charge in [0.25, 0.3) is 0 Å². The summed E-state index contributed by atoms with van der Waals surface area (Å²) in [7, 11) is 0. The van der Waals surface area contributed by atoms with Crippen LogP contribution in [0.5, 0.6) is 0 Å². The van der Waals surface area contributed by atoms with Gasteiger partial charge < -0.3 is 5.73 Å². The molecule has 100 valence electrons. The molecule has 2 nitrogen and oxygen atoms in total. The molecule has 1 atom stereocenters. The normalized spacial score (nSPS) is 12.4. The first-order chi connectivity index (χ1) is 9.15. The number of nitrogens with zero attached hydrogens (tertiary/aromatic N) is 1. The molecule has 19 heavy (non-hydrogen) atoms. The monoisotopic (exact) mass is 262 g/mol. The van der Waals surface area contributed by atoms with E-state index in [0.717, 1.165) is 24.6 Å². The summed E-state index contributed by atoms with van der Waals surface area (Å²) in [5, 5.41) is 0. The lowest BCUT2D eigenvalue weighted by Gasteiger charge is -2.11. The lowest BCUT2D eigenvalue weighted by molar-refractivity contribution is 0.505. The average Bonchev–Trinajstić information content (AvgIpc) is 2.42. The van der Waals surface area contributed by atoms with E-state index in [1.165, 1.54) is 6.07 Å². The van der Waals surface area contributed by atoms with Gasteiger partial charge in [-0.05, 0) is 49.1 Å². The fraction of sp³-hybridized carbons (Fsp3) is 0.267. The van der Waals surface area contributed by atoms with E-state index in [-0.39, 0.29) is 6.04 Å². The predicted molar refractivity (Wildman–Crippen MR) is 70.6 cm³/mol. The predicted octanol–water partition coefficient (Wildman–Crippen LogP) is 2.86. The second-order valence-corrected chi connectivity index (χ2v) is 4.57. The first kappa shape index (κ1) is 13.6. The highest BCUT2D eigenvalue weighted by atomic mass is 19.2. The Balaban J connectivity index is 1.87. The van der Waals surface area contributed by atoms with E-state index >= 15 is 0 Å². The summed E-state index contributed by atoms with van der Waals surface area (Å²) >= 11 is 0. The van der Waals surface area contributed by atoms with Gasteiger partial charge in [0, 0.05) is 17.9 Å². The van der Waals surface area contributed by atoms with E-state index in [9.17, 15) is 8.78 Å². The summed E-state index contributed by atoms with van der Waals surface area (Å²) in [6, 6.07) is 9.57. The Morgan fingerprint density at radius 2 is 1.95 bits per heavy atom. The van der Waals surface area contributed by atoms with Crippen molar-refractivity contribution in [3.8, 4) is 0 Å². The molecule has 0 bridgehead atoms. The number of hydrogen-bond acceptors (Lipinski definition) is 2. The molecular weight excluding hydrogens is 246 g/mol. The van der Waals surface area contributed by atoms with Crippen molar-refractivity contribution in [3.63, 3.8) is 0 Å². The summed E-state index contributed by atoms with van der Waals surface area (Å²) in [4.78, 5) is 4.22. The van der Waals surface area contributed by atoms with Crippen molar-refractivity contribution in [1.29, 1.82) is 0 Å². The summed E-state index contributed by atoms with van der Waals surface area (Å²) in [6.07, 6.45) is 3.82. The van der Waals surface area contributed by atoms with Crippen LogP contribution in [0.15, 0.2) is 42.6 Å². The molecule has 0 radical (unpaired) electrons. The molecule has 0 saturated heterocycles. The molecule has 4 heteroatoms. The molecule has 0 saturated carbocycles. The lowest BCUT2D eigenvalue weighted by Crippen LogP contribution is -2.23. The molecule has 1 heterocycles. The molecule has 2 aromatic rings. The van der Waals surface area contributed by atoms with Gasteiger partial charge in [-0.25, -0.2) is 8.78 Å². The van der Waals surface area contributed by atoms with Crippen LogP contribution in [0.25, 0.3) is 0 Å². The Morgan fingerprint density at radius 1 is 1.11 bits per heavy atom. The highest BCUT2D eigenvalue weighted by Gasteiger charge is 2.08. The maximum atomic E-state index is 13.1. The third-order valence-corrected chi connectivity index (χ3v) is 2.98. The molecule has 0 aliphatic heterocycles. The third kappa shape index (κ3) is 4.10. The minimum Gasteiger partial charge on any atom is -0.327 e. The molecule has 2 rings (SSSR count). The van der Waals surface area contributed by atoms with Gasteiger partial charge in [-0.15, -0.1) is 0 Å². The SMILES string of the molecule is NC(CCc1ccccn1)Cc1ccc(F)c(F)c1.